The third-order valence-corrected chi connectivity index (χ3v) is 5.88. The Hall–Kier alpha value is -4.12. The van der Waals surface area contributed by atoms with Crippen LogP contribution in [-0.4, -0.2) is 53.9 Å². The van der Waals surface area contributed by atoms with Crippen molar-refractivity contribution in [1.29, 1.82) is 0 Å². The first-order valence-electron chi connectivity index (χ1n) is 10.9. The molecule has 1 aromatic heterocycles. The van der Waals surface area contributed by atoms with Crippen molar-refractivity contribution in [3.05, 3.63) is 65.0 Å². The molecule has 11 heteroatoms. The van der Waals surface area contributed by atoms with Crippen molar-refractivity contribution in [2.75, 3.05) is 31.6 Å². The lowest BCUT2D eigenvalue weighted by Gasteiger charge is -2.12. The zero-order valence-corrected chi connectivity index (χ0v) is 20.6. The molecule has 0 atom stereocenters. The van der Waals surface area contributed by atoms with Crippen molar-refractivity contribution in [3.8, 4) is 17.2 Å². The molecule has 3 aromatic rings. The molecule has 1 N–H and O–H groups in total. The maximum Gasteiger partial charge on any atom is 0.338 e. The number of hydrogen-bond acceptors (Lipinski definition) is 10. The number of carbonyl (C=O) groups excluding carboxylic acids is 3. The van der Waals surface area contributed by atoms with Crippen LogP contribution in [0.2, 0.25) is 0 Å². The number of fused-ring (bicyclic) bond motifs is 1. The maximum absolute atomic E-state index is 12.6. The fraction of sp³-hybridized carbons (Fsp3) is 0.240. The molecule has 36 heavy (non-hydrogen) atoms. The molecule has 0 unspecified atom stereocenters. The average Bonchev–Trinajstić information content (AvgIpc) is 3.33. The number of anilines is 1. The van der Waals surface area contributed by atoms with Crippen LogP contribution >= 0.6 is 11.8 Å². The van der Waals surface area contributed by atoms with E-state index in [9.17, 15) is 14.4 Å². The number of nitrogens with one attached hydrogen (secondary N) is 1. The van der Waals surface area contributed by atoms with Crippen molar-refractivity contribution < 1.29 is 33.3 Å². The molecule has 4 rings (SSSR count). The van der Waals surface area contributed by atoms with E-state index in [1.54, 1.807) is 18.2 Å². The predicted octanol–water partition coefficient (Wildman–Crippen LogP) is 3.60. The number of carbonyl (C=O) groups is 3. The number of nitrogens with zero attached hydrogens (tertiary/aromatic N) is 2. The molecule has 1 aliphatic rings. The van der Waals surface area contributed by atoms with Gasteiger partial charge in [0.25, 0.3) is 0 Å². The Morgan fingerprint density at radius 2 is 1.69 bits per heavy atom. The molecular formula is C25H23N3O7S. The summed E-state index contributed by atoms with van der Waals surface area (Å²) in [7, 11) is 1.45. The number of methoxy groups -OCH3 is 1. The highest BCUT2D eigenvalue weighted by atomic mass is 32.2. The van der Waals surface area contributed by atoms with Crippen molar-refractivity contribution in [2.45, 2.75) is 19.0 Å². The summed E-state index contributed by atoms with van der Waals surface area (Å²) >= 11 is 1.20. The third-order valence-electron chi connectivity index (χ3n) is 5.03. The van der Waals surface area contributed by atoms with E-state index in [-0.39, 0.29) is 24.0 Å². The minimum absolute atomic E-state index is 0.0603. The van der Waals surface area contributed by atoms with Gasteiger partial charge in [0.15, 0.2) is 29.0 Å². The van der Waals surface area contributed by atoms with E-state index < -0.39 is 18.4 Å². The predicted molar refractivity (Wildman–Crippen MR) is 131 cm³/mol. The number of aromatic nitrogens is 2. The largest absolute Gasteiger partial charge is 0.495 e. The van der Waals surface area contributed by atoms with Crippen LogP contribution < -0.4 is 19.5 Å². The summed E-state index contributed by atoms with van der Waals surface area (Å²) in [6.45, 7) is 3.35. The van der Waals surface area contributed by atoms with Gasteiger partial charge in [-0.25, -0.2) is 14.8 Å². The molecule has 186 valence electrons. The van der Waals surface area contributed by atoms with Gasteiger partial charge in [-0.15, -0.1) is 0 Å². The van der Waals surface area contributed by atoms with Gasteiger partial charge in [-0.2, -0.15) is 0 Å². The Balaban J connectivity index is 1.37. The van der Waals surface area contributed by atoms with E-state index >= 15 is 0 Å². The second-order valence-corrected chi connectivity index (χ2v) is 8.70. The highest BCUT2D eigenvalue weighted by Gasteiger charge is 2.19. The second-order valence-electron chi connectivity index (χ2n) is 7.75. The van der Waals surface area contributed by atoms with Crippen LogP contribution in [0.1, 0.15) is 32.1 Å². The number of thioether (sulfide) groups is 1. The summed E-state index contributed by atoms with van der Waals surface area (Å²) in [6, 6.07) is 11.0. The Kier molecular flexibility index (Phi) is 7.69. The van der Waals surface area contributed by atoms with E-state index in [4.69, 9.17) is 18.9 Å². The quantitative estimate of drug-likeness (QED) is 0.198. The number of aryl methyl sites for hydroxylation is 2. The van der Waals surface area contributed by atoms with Gasteiger partial charge in [0.2, 0.25) is 12.7 Å². The van der Waals surface area contributed by atoms with E-state index in [2.05, 4.69) is 15.3 Å². The summed E-state index contributed by atoms with van der Waals surface area (Å²) in [4.78, 5) is 46.2. The number of benzene rings is 2. The van der Waals surface area contributed by atoms with Crippen LogP contribution in [0.25, 0.3) is 0 Å². The molecule has 0 bridgehead atoms. The first kappa shape index (κ1) is 25.0. The van der Waals surface area contributed by atoms with Gasteiger partial charge >= 0.3 is 5.97 Å². The number of rotatable bonds is 9. The standard InChI is InChI=1S/C25H23N3O7S/c1-14-8-15(2)27-25(26-14)36-12-23(30)28-18-9-17(5-6-20(18)32-3)24(31)33-11-19(29)16-4-7-21-22(10-16)35-13-34-21/h4-10H,11-13H2,1-3H3,(H,28,30). The van der Waals surface area contributed by atoms with Crippen LogP contribution in [0.15, 0.2) is 47.6 Å². The molecule has 0 aliphatic carbocycles. The van der Waals surface area contributed by atoms with Crippen LogP contribution in [0.3, 0.4) is 0 Å². The van der Waals surface area contributed by atoms with Gasteiger partial charge in [-0.1, -0.05) is 11.8 Å². The zero-order valence-electron chi connectivity index (χ0n) is 19.8. The van der Waals surface area contributed by atoms with Crippen molar-refractivity contribution in [3.63, 3.8) is 0 Å². The molecule has 1 amide bonds. The molecule has 0 saturated heterocycles. The van der Waals surface area contributed by atoms with Crippen molar-refractivity contribution in [1.82, 2.24) is 9.97 Å². The molecule has 0 radical (unpaired) electrons. The van der Waals surface area contributed by atoms with Gasteiger partial charge in [-0.3, -0.25) is 9.59 Å². The Bertz CT molecular complexity index is 1310. The molecule has 0 fully saturated rings. The first-order chi connectivity index (χ1) is 17.3. The molecular weight excluding hydrogens is 486 g/mol. The van der Waals surface area contributed by atoms with Crippen LogP contribution in [0.4, 0.5) is 5.69 Å². The molecule has 0 saturated carbocycles. The first-order valence-corrected chi connectivity index (χ1v) is 11.8. The lowest BCUT2D eigenvalue weighted by atomic mass is 10.1. The lowest BCUT2D eigenvalue weighted by molar-refractivity contribution is -0.113. The summed E-state index contributed by atoms with van der Waals surface area (Å²) < 4.78 is 21.0. The summed E-state index contributed by atoms with van der Waals surface area (Å²) in [5, 5.41) is 3.23. The van der Waals surface area contributed by atoms with Crippen LogP contribution in [0.5, 0.6) is 17.2 Å². The summed E-state index contributed by atoms with van der Waals surface area (Å²) in [6.07, 6.45) is 0. The average molecular weight is 510 g/mol. The van der Waals surface area contributed by atoms with Crippen LogP contribution in [0, 0.1) is 13.8 Å². The number of Topliss-reactive ketones (excluding diaryl/α,β-unsaturated/α-hetero) is 1. The maximum atomic E-state index is 12.6. The van der Waals surface area contributed by atoms with Gasteiger partial charge in [-0.05, 0) is 56.3 Å². The number of ether oxygens (including phenoxy) is 4. The monoisotopic (exact) mass is 509 g/mol. The SMILES string of the molecule is COc1ccc(C(=O)OCC(=O)c2ccc3c(c2)OCO3)cc1NC(=O)CSc1nc(C)cc(C)n1. The lowest BCUT2D eigenvalue weighted by Crippen LogP contribution is -2.17. The van der Waals surface area contributed by atoms with E-state index in [1.165, 1.54) is 37.1 Å². The van der Waals surface area contributed by atoms with E-state index in [0.717, 1.165) is 11.4 Å². The highest BCUT2D eigenvalue weighted by Crippen LogP contribution is 2.32. The van der Waals surface area contributed by atoms with Gasteiger partial charge < -0.3 is 24.3 Å². The third kappa shape index (κ3) is 6.11. The van der Waals surface area contributed by atoms with Crippen molar-refractivity contribution in [2.24, 2.45) is 0 Å². The Labute approximate surface area is 211 Å². The van der Waals surface area contributed by atoms with E-state index in [0.29, 0.717) is 33.7 Å². The summed E-state index contributed by atoms with van der Waals surface area (Å²) in [5.74, 6) is -0.00512. The minimum atomic E-state index is -0.722. The smallest absolute Gasteiger partial charge is 0.338 e. The topological polar surface area (TPSA) is 126 Å². The van der Waals surface area contributed by atoms with Gasteiger partial charge in [0.05, 0.1) is 24.1 Å². The molecule has 2 aromatic carbocycles. The van der Waals surface area contributed by atoms with Gasteiger partial charge in [0, 0.05) is 17.0 Å². The number of amides is 1. The molecule has 2 heterocycles. The molecule has 0 spiro atoms. The highest BCUT2D eigenvalue weighted by molar-refractivity contribution is 7.99. The Morgan fingerprint density at radius 3 is 2.44 bits per heavy atom. The van der Waals surface area contributed by atoms with Crippen molar-refractivity contribution >= 4 is 35.1 Å². The number of ketones is 1. The molecule has 1 aliphatic heterocycles. The fourth-order valence-electron chi connectivity index (χ4n) is 3.37. The van der Waals surface area contributed by atoms with Gasteiger partial charge in [0.1, 0.15) is 5.75 Å². The van der Waals surface area contributed by atoms with E-state index in [1.807, 2.05) is 19.9 Å². The number of esters is 1. The fourth-order valence-corrected chi connectivity index (χ4v) is 4.12. The zero-order chi connectivity index (χ0) is 25.7. The minimum Gasteiger partial charge on any atom is -0.495 e. The normalized spacial score (nSPS) is 11.6. The summed E-state index contributed by atoms with van der Waals surface area (Å²) in [5.41, 5.74) is 2.40. The Morgan fingerprint density at radius 1 is 0.972 bits per heavy atom. The second kappa shape index (κ2) is 11.1. The molecule has 10 nitrogen and oxygen atoms in total. The van der Waals surface area contributed by atoms with Crippen LogP contribution in [-0.2, 0) is 9.53 Å². The number of hydrogen-bond donors (Lipinski definition) is 1.